The molecule has 0 radical (unpaired) electrons. The summed E-state index contributed by atoms with van der Waals surface area (Å²) < 4.78 is 22.3. The van der Waals surface area contributed by atoms with Gasteiger partial charge in [0.05, 0.1) is 5.69 Å². The van der Waals surface area contributed by atoms with Crippen LogP contribution in [0.2, 0.25) is 0 Å². The minimum atomic E-state index is -2.09. The average Bonchev–Trinajstić information content (AvgIpc) is 3.21. The summed E-state index contributed by atoms with van der Waals surface area (Å²) in [5.41, 5.74) is 7.99. The molecule has 1 amide bonds. The smallest absolute Gasteiger partial charge is 0.420 e. The first kappa shape index (κ1) is 32.4. The Morgan fingerprint density at radius 1 is 1.09 bits per heavy atom. The van der Waals surface area contributed by atoms with Crippen molar-refractivity contribution in [2.24, 2.45) is 11.7 Å². The van der Waals surface area contributed by atoms with Crippen molar-refractivity contribution in [2.75, 3.05) is 32.7 Å². The molecule has 1 aromatic heterocycles. The summed E-state index contributed by atoms with van der Waals surface area (Å²) >= 11 is 0. The van der Waals surface area contributed by atoms with Crippen molar-refractivity contribution >= 4 is 16.6 Å². The summed E-state index contributed by atoms with van der Waals surface area (Å²) in [5.74, 6) is 0.555. The van der Waals surface area contributed by atoms with E-state index in [4.69, 9.17) is 5.73 Å². The molecule has 0 aliphatic carbocycles. The van der Waals surface area contributed by atoms with Crippen LogP contribution in [0.15, 0.2) is 35.4 Å². The molecular weight excluding hydrogens is 491 g/mol. The Morgan fingerprint density at radius 3 is 2.11 bits per heavy atom. The summed E-state index contributed by atoms with van der Waals surface area (Å²) in [6.07, 6.45) is 2.72. The van der Waals surface area contributed by atoms with Crippen LogP contribution in [-0.4, -0.2) is 69.0 Å². The zero-order chi connectivity index (χ0) is 25.5. The molecule has 1 aliphatic rings. The van der Waals surface area contributed by atoms with Gasteiger partial charge in [0.2, 0.25) is 5.91 Å². The van der Waals surface area contributed by atoms with Crippen molar-refractivity contribution in [3.05, 3.63) is 41.7 Å². The van der Waals surface area contributed by atoms with Gasteiger partial charge in [-0.25, -0.2) is 4.68 Å². The van der Waals surface area contributed by atoms with Crippen molar-refractivity contribution in [1.82, 2.24) is 24.8 Å². The normalized spacial score (nSPS) is 15.4. The number of carbonyl (C=O) groups excluding carboxylic acids is 1. The molecule has 0 bridgehead atoms. The van der Waals surface area contributed by atoms with E-state index >= 15 is 0 Å². The zero-order valence-electron chi connectivity index (χ0n) is 22.2. The van der Waals surface area contributed by atoms with Gasteiger partial charge in [-0.2, -0.15) is 0 Å². The van der Waals surface area contributed by atoms with E-state index in [1.165, 1.54) is 0 Å². The number of carbonyl (C=O) groups is 1. The molecule has 35 heavy (non-hydrogen) atoms. The molecule has 1 aliphatic heterocycles. The van der Waals surface area contributed by atoms with Crippen LogP contribution in [0.1, 0.15) is 51.9 Å². The largest absolute Gasteiger partial charge is 1.00 e. The topological polar surface area (TPSA) is 114 Å². The van der Waals surface area contributed by atoms with E-state index in [-0.39, 0.29) is 69.4 Å². The molecule has 2 N–H and O–H groups in total. The maximum atomic E-state index is 12.9. The molecule has 1 saturated heterocycles. The molecule has 2 heterocycles. The molecule has 3 rings (SSSR count). The van der Waals surface area contributed by atoms with Gasteiger partial charge in [-0.1, -0.05) is 53.8 Å². The fraction of sp³-hybridized carbons (Fsp3) is 0.625. The number of piperazine rings is 1. The van der Waals surface area contributed by atoms with E-state index in [0.29, 0.717) is 10.8 Å². The van der Waals surface area contributed by atoms with E-state index in [9.17, 15) is 13.2 Å². The number of amides is 1. The fourth-order valence-electron chi connectivity index (χ4n) is 3.76. The van der Waals surface area contributed by atoms with Crippen LogP contribution in [0, 0.1) is 12.8 Å². The molecule has 1 fully saturated rings. The molecular formula is C24H39KN6O3S. The Bertz CT molecular complexity index is 985. The third kappa shape index (κ3) is 10.3. The summed E-state index contributed by atoms with van der Waals surface area (Å²) in [6.45, 7) is 16.3. The van der Waals surface area contributed by atoms with E-state index in [0.717, 1.165) is 43.9 Å². The van der Waals surface area contributed by atoms with Crippen LogP contribution < -0.4 is 57.1 Å². The number of benzene rings is 1. The van der Waals surface area contributed by atoms with E-state index < -0.39 is 16.7 Å². The maximum absolute atomic E-state index is 12.9. The third-order valence-electron chi connectivity index (χ3n) is 5.76. The number of hydrogen-bond donors (Lipinski definition) is 1. The summed E-state index contributed by atoms with van der Waals surface area (Å²) in [4.78, 5) is 17.5. The predicted octanol–water partition coefficient (Wildman–Crippen LogP) is -0.414. The fourth-order valence-corrected chi connectivity index (χ4v) is 4.12. The first-order valence-corrected chi connectivity index (χ1v) is 12.8. The molecule has 0 saturated carbocycles. The molecule has 2 aromatic rings. The van der Waals surface area contributed by atoms with Gasteiger partial charge in [0.1, 0.15) is 6.04 Å². The van der Waals surface area contributed by atoms with Crippen LogP contribution in [-0.2, 0) is 30.3 Å². The first-order chi connectivity index (χ1) is 15.9. The van der Waals surface area contributed by atoms with Crippen molar-refractivity contribution in [3.63, 3.8) is 0 Å². The van der Waals surface area contributed by atoms with Gasteiger partial charge in [0, 0.05) is 44.5 Å². The van der Waals surface area contributed by atoms with Gasteiger partial charge in [-0.05, 0) is 50.7 Å². The minimum Gasteiger partial charge on any atom is -0.420 e. The van der Waals surface area contributed by atoms with Crippen molar-refractivity contribution in [2.45, 2.75) is 64.4 Å². The number of rotatable bonds is 6. The maximum Gasteiger partial charge on any atom is 1.00 e. The monoisotopic (exact) mass is 530 g/mol. The molecule has 1 atom stereocenters. The number of aryl methyl sites for hydroxylation is 1. The van der Waals surface area contributed by atoms with Gasteiger partial charge in [0.25, 0.3) is 0 Å². The van der Waals surface area contributed by atoms with Crippen LogP contribution in [0.3, 0.4) is 0 Å². The standard InChI is InChI=1S/C17H32N6O.C7H7O2S.K/c1-13(2)10-14-12-23(20-19-14)15(11-18)16(24)21-6-8-22(9-7-21)17(3,4)5;1-6-2-4-7(5-3-6)10(8)9;/h12-13,15H,6-11,18H2,1-5H3;2-5H,1H3;/q;-1;+1/t15-;;/m0../s1. The SMILES string of the molecule is CC(C)Cc1cn([C@@H](CN)C(=O)N2CCN(C(C)(C)C)CC2)nn1.Cc1ccc([S-](=O)=O)cc1.[K+]. The number of nitrogens with two attached hydrogens (primary N) is 1. The molecule has 190 valence electrons. The van der Waals surface area contributed by atoms with Crippen molar-refractivity contribution in [1.29, 1.82) is 0 Å². The predicted molar refractivity (Wildman–Crippen MR) is 133 cm³/mol. The zero-order valence-corrected chi connectivity index (χ0v) is 26.2. The quantitative estimate of drug-likeness (QED) is 0.399. The average molecular weight is 531 g/mol. The van der Waals surface area contributed by atoms with Gasteiger partial charge in [-0.3, -0.25) is 9.69 Å². The Labute approximate surface area is 254 Å². The number of hydrogen-bond acceptors (Lipinski definition) is 8. The van der Waals surface area contributed by atoms with Gasteiger partial charge in [-0.15, -0.1) is 5.10 Å². The van der Waals surface area contributed by atoms with Gasteiger partial charge >= 0.3 is 51.4 Å². The molecule has 0 unspecified atom stereocenters. The Balaban J connectivity index is 0.000000468. The number of aromatic nitrogens is 3. The van der Waals surface area contributed by atoms with Crippen molar-refractivity contribution in [3.8, 4) is 0 Å². The molecule has 1 aromatic carbocycles. The molecule has 0 spiro atoms. The van der Waals surface area contributed by atoms with Crippen LogP contribution >= 0.6 is 0 Å². The van der Waals surface area contributed by atoms with Gasteiger partial charge < -0.3 is 19.1 Å². The van der Waals surface area contributed by atoms with Crippen LogP contribution in [0.5, 0.6) is 0 Å². The van der Waals surface area contributed by atoms with Crippen molar-refractivity contribution < 1.29 is 64.6 Å². The van der Waals surface area contributed by atoms with E-state index in [1.807, 2.05) is 18.0 Å². The van der Waals surface area contributed by atoms with Crippen LogP contribution in [0.25, 0.3) is 0 Å². The van der Waals surface area contributed by atoms with Gasteiger partial charge in [0.15, 0.2) is 0 Å². The summed E-state index contributed by atoms with van der Waals surface area (Å²) in [5, 5.41) is 8.31. The molecule has 11 heteroatoms. The molecule has 9 nitrogen and oxygen atoms in total. The summed E-state index contributed by atoms with van der Waals surface area (Å²) in [6, 6.07) is 6.24. The Hall–Kier alpha value is -0.664. The second-order valence-electron chi connectivity index (χ2n) is 10.1. The summed E-state index contributed by atoms with van der Waals surface area (Å²) in [7, 11) is -2.09. The second-order valence-corrected chi connectivity index (χ2v) is 11.0. The third-order valence-corrected chi connectivity index (χ3v) is 6.41. The van der Waals surface area contributed by atoms with E-state index in [2.05, 4.69) is 49.8 Å². The second kappa shape index (κ2) is 14.9. The first-order valence-electron chi connectivity index (χ1n) is 11.7. The number of nitrogens with zero attached hydrogens (tertiary/aromatic N) is 5. The Kier molecular flexibility index (Phi) is 13.8. The Morgan fingerprint density at radius 2 is 1.66 bits per heavy atom. The minimum absolute atomic E-state index is 0. The van der Waals surface area contributed by atoms with E-state index in [1.54, 1.807) is 28.9 Å². The van der Waals surface area contributed by atoms with Crippen LogP contribution in [0.4, 0.5) is 0 Å².